The minimum atomic E-state index is -0.921. The summed E-state index contributed by atoms with van der Waals surface area (Å²) in [5.41, 5.74) is 2.30. The molecule has 2 aromatic heterocycles. The first-order chi connectivity index (χ1) is 12.5. The molecule has 0 amide bonds. The lowest BCUT2D eigenvalue weighted by atomic mass is 10.00. The predicted octanol–water partition coefficient (Wildman–Crippen LogP) is 4.47. The number of hydrogen-bond donors (Lipinski definition) is 2. The SMILES string of the molecule is CC(C(=O)O)c1ccc2c3cc(Cl)ccc3n(C(=O)c3cnc[nH]3)c2c1.Cl. The van der Waals surface area contributed by atoms with Gasteiger partial charge in [-0.2, -0.15) is 0 Å². The second kappa shape index (κ2) is 7.06. The number of carbonyl (C=O) groups is 2. The number of aromatic amines is 1. The second-order valence-electron chi connectivity index (χ2n) is 6.10. The van der Waals surface area contributed by atoms with Crippen molar-refractivity contribution in [3.63, 3.8) is 0 Å². The second-order valence-corrected chi connectivity index (χ2v) is 6.54. The van der Waals surface area contributed by atoms with Gasteiger partial charge in [-0.1, -0.05) is 23.7 Å². The highest BCUT2D eigenvalue weighted by molar-refractivity contribution is 6.32. The maximum absolute atomic E-state index is 13.0. The number of carbonyl (C=O) groups excluding carboxylic acids is 1. The number of aromatic nitrogens is 3. The first-order valence-electron chi connectivity index (χ1n) is 7.97. The fraction of sp³-hybridized carbons (Fsp3) is 0.105. The topological polar surface area (TPSA) is 88.0 Å². The lowest BCUT2D eigenvalue weighted by molar-refractivity contribution is -0.138. The van der Waals surface area contributed by atoms with Crippen LogP contribution in [0.2, 0.25) is 5.02 Å². The van der Waals surface area contributed by atoms with Gasteiger partial charge in [-0.25, -0.2) is 4.98 Å². The summed E-state index contributed by atoms with van der Waals surface area (Å²) in [6.07, 6.45) is 2.90. The Morgan fingerprint density at radius 3 is 2.59 bits per heavy atom. The molecule has 138 valence electrons. The molecule has 0 aliphatic carbocycles. The summed E-state index contributed by atoms with van der Waals surface area (Å²) < 4.78 is 1.56. The van der Waals surface area contributed by atoms with Crippen LogP contribution < -0.4 is 0 Å². The Balaban J connectivity index is 0.00000210. The zero-order valence-electron chi connectivity index (χ0n) is 14.1. The number of carboxylic acid groups (broad SMARTS) is 1. The average Bonchev–Trinajstić information content (AvgIpc) is 3.26. The Bertz CT molecular complexity index is 1170. The molecule has 27 heavy (non-hydrogen) atoms. The fourth-order valence-corrected chi connectivity index (χ4v) is 3.31. The van der Waals surface area contributed by atoms with Crippen LogP contribution in [0.5, 0.6) is 0 Å². The van der Waals surface area contributed by atoms with Gasteiger partial charge in [-0.15, -0.1) is 12.4 Å². The Hall–Kier alpha value is -2.83. The highest BCUT2D eigenvalue weighted by Crippen LogP contribution is 2.33. The number of nitrogens with zero attached hydrogens (tertiary/aromatic N) is 2. The van der Waals surface area contributed by atoms with Gasteiger partial charge in [0, 0.05) is 15.8 Å². The minimum absolute atomic E-state index is 0. The summed E-state index contributed by atoms with van der Waals surface area (Å²) >= 11 is 6.14. The van der Waals surface area contributed by atoms with Crippen LogP contribution in [0.1, 0.15) is 28.9 Å². The van der Waals surface area contributed by atoms with E-state index in [1.807, 2.05) is 6.07 Å². The molecule has 0 fully saturated rings. The Labute approximate surface area is 165 Å². The summed E-state index contributed by atoms with van der Waals surface area (Å²) in [5.74, 6) is -1.88. The van der Waals surface area contributed by atoms with Crippen LogP contribution in [0.4, 0.5) is 0 Å². The summed E-state index contributed by atoms with van der Waals surface area (Å²) in [6.45, 7) is 1.62. The van der Waals surface area contributed by atoms with E-state index in [1.54, 1.807) is 41.8 Å². The van der Waals surface area contributed by atoms with Gasteiger partial charge >= 0.3 is 5.97 Å². The van der Waals surface area contributed by atoms with Gasteiger partial charge in [0.25, 0.3) is 5.91 Å². The van der Waals surface area contributed by atoms with Crippen molar-refractivity contribution in [1.82, 2.24) is 14.5 Å². The van der Waals surface area contributed by atoms with Gasteiger partial charge in [-0.05, 0) is 36.8 Å². The van der Waals surface area contributed by atoms with E-state index in [-0.39, 0.29) is 18.3 Å². The number of rotatable bonds is 3. The van der Waals surface area contributed by atoms with Crippen LogP contribution in [0, 0.1) is 0 Å². The smallest absolute Gasteiger partial charge is 0.310 e. The quantitative estimate of drug-likeness (QED) is 0.528. The van der Waals surface area contributed by atoms with Crippen LogP contribution in [-0.4, -0.2) is 31.5 Å². The van der Waals surface area contributed by atoms with Gasteiger partial charge in [0.1, 0.15) is 5.69 Å². The molecule has 0 bridgehead atoms. The van der Waals surface area contributed by atoms with Crippen molar-refractivity contribution in [3.8, 4) is 0 Å². The number of halogens is 2. The van der Waals surface area contributed by atoms with Crippen molar-refractivity contribution in [2.24, 2.45) is 0 Å². The number of carboxylic acids is 1. The molecule has 8 heteroatoms. The Morgan fingerprint density at radius 1 is 1.15 bits per heavy atom. The molecule has 6 nitrogen and oxygen atoms in total. The number of hydrogen-bond acceptors (Lipinski definition) is 3. The van der Waals surface area contributed by atoms with Crippen molar-refractivity contribution in [1.29, 1.82) is 0 Å². The van der Waals surface area contributed by atoms with E-state index < -0.39 is 11.9 Å². The van der Waals surface area contributed by atoms with Crippen molar-refractivity contribution < 1.29 is 14.7 Å². The number of benzene rings is 2. The number of H-pyrrole nitrogens is 1. The van der Waals surface area contributed by atoms with E-state index in [2.05, 4.69) is 9.97 Å². The molecular formula is C19H15Cl2N3O3. The lowest BCUT2D eigenvalue weighted by Crippen LogP contribution is -2.12. The molecule has 0 aliphatic rings. The van der Waals surface area contributed by atoms with Crippen molar-refractivity contribution in [2.75, 3.05) is 0 Å². The Morgan fingerprint density at radius 2 is 1.93 bits per heavy atom. The summed E-state index contributed by atoms with van der Waals surface area (Å²) in [5, 5.41) is 11.5. The van der Waals surface area contributed by atoms with E-state index in [9.17, 15) is 14.7 Å². The van der Waals surface area contributed by atoms with Crippen molar-refractivity contribution in [2.45, 2.75) is 12.8 Å². The maximum Gasteiger partial charge on any atom is 0.310 e. The number of nitrogens with one attached hydrogen (secondary N) is 1. The maximum atomic E-state index is 13.0. The zero-order chi connectivity index (χ0) is 18.4. The third-order valence-electron chi connectivity index (χ3n) is 4.55. The molecule has 0 saturated carbocycles. The minimum Gasteiger partial charge on any atom is -0.481 e. The Kier molecular flexibility index (Phi) is 4.95. The van der Waals surface area contributed by atoms with E-state index >= 15 is 0 Å². The van der Waals surface area contributed by atoms with Gasteiger partial charge in [0.2, 0.25) is 0 Å². The van der Waals surface area contributed by atoms with Crippen molar-refractivity contribution >= 4 is 57.7 Å². The molecule has 2 heterocycles. The molecule has 0 radical (unpaired) electrons. The highest BCUT2D eigenvalue weighted by Gasteiger charge is 2.21. The van der Waals surface area contributed by atoms with Crippen LogP contribution in [-0.2, 0) is 4.79 Å². The van der Waals surface area contributed by atoms with E-state index in [0.717, 1.165) is 10.8 Å². The number of fused-ring (bicyclic) bond motifs is 3. The average molecular weight is 404 g/mol. The van der Waals surface area contributed by atoms with Crippen molar-refractivity contribution in [3.05, 3.63) is 65.2 Å². The van der Waals surface area contributed by atoms with Crippen LogP contribution in [0.3, 0.4) is 0 Å². The van der Waals surface area contributed by atoms with Gasteiger partial charge in [0.05, 0.1) is 29.5 Å². The van der Waals surface area contributed by atoms with Crippen LogP contribution in [0.15, 0.2) is 48.9 Å². The lowest BCUT2D eigenvalue weighted by Gasteiger charge is -2.08. The molecule has 4 rings (SSSR count). The highest BCUT2D eigenvalue weighted by atomic mass is 35.5. The molecule has 1 unspecified atom stereocenters. The number of aliphatic carboxylic acids is 1. The standard InChI is InChI=1S/C19H14ClN3O3.ClH/c1-10(19(25)26)11-2-4-13-14-7-12(20)3-5-16(14)23(17(13)6-11)18(24)15-8-21-9-22-15;/h2-10H,1H3,(H,21,22)(H,25,26);1H. The van der Waals surface area contributed by atoms with Gasteiger partial charge in [0.15, 0.2) is 0 Å². The molecular weight excluding hydrogens is 389 g/mol. The third kappa shape index (κ3) is 3.07. The zero-order valence-corrected chi connectivity index (χ0v) is 15.7. The van der Waals surface area contributed by atoms with Crippen LogP contribution in [0.25, 0.3) is 21.8 Å². The molecule has 0 saturated heterocycles. The van der Waals surface area contributed by atoms with Gasteiger partial charge < -0.3 is 10.1 Å². The molecule has 2 N–H and O–H groups in total. The number of imidazole rings is 1. The first-order valence-corrected chi connectivity index (χ1v) is 8.34. The molecule has 0 aliphatic heterocycles. The van der Waals surface area contributed by atoms with E-state index in [1.165, 1.54) is 12.5 Å². The first kappa shape index (κ1) is 18.9. The fourth-order valence-electron chi connectivity index (χ4n) is 3.13. The molecule has 0 spiro atoms. The summed E-state index contributed by atoms with van der Waals surface area (Å²) in [7, 11) is 0. The van der Waals surface area contributed by atoms with E-state index in [0.29, 0.717) is 27.3 Å². The van der Waals surface area contributed by atoms with E-state index in [4.69, 9.17) is 11.6 Å². The molecule has 1 atom stereocenters. The molecule has 2 aromatic carbocycles. The normalized spacial score (nSPS) is 12.1. The van der Waals surface area contributed by atoms with Crippen LogP contribution >= 0.6 is 24.0 Å². The summed E-state index contributed by atoms with van der Waals surface area (Å²) in [4.78, 5) is 31.1. The largest absolute Gasteiger partial charge is 0.481 e. The third-order valence-corrected chi connectivity index (χ3v) is 4.79. The molecule has 4 aromatic rings. The predicted molar refractivity (Wildman–Crippen MR) is 106 cm³/mol. The summed E-state index contributed by atoms with van der Waals surface area (Å²) in [6, 6.07) is 10.7. The monoisotopic (exact) mass is 403 g/mol. The van der Waals surface area contributed by atoms with Gasteiger partial charge in [-0.3, -0.25) is 14.2 Å².